The summed E-state index contributed by atoms with van der Waals surface area (Å²) in [5, 5.41) is 5.82. The fourth-order valence-corrected chi connectivity index (χ4v) is 3.19. The summed E-state index contributed by atoms with van der Waals surface area (Å²) in [6.07, 6.45) is 0.292. The number of carbonyl (C=O) groups excluding carboxylic acids is 2. The third-order valence-corrected chi connectivity index (χ3v) is 4.57. The van der Waals surface area contributed by atoms with E-state index in [1.54, 1.807) is 4.90 Å². The van der Waals surface area contributed by atoms with Crippen molar-refractivity contribution < 1.29 is 14.3 Å². The van der Waals surface area contributed by atoms with Crippen LogP contribution in [0.15, 0.2) is 54.6 Å². The first kappa shape index (κ1) is 18.8. The molecule has 1 aliphatic heterocycles. The third kappa shape index (κ3) is 4.78. The molecule has 0 saturated carbocycles. The molecule has 0 unspecified atom stereocenters. The van der Waals surface area contributed by atoms with Crippen molar-refractivity contribution >= 4 is 17.6 Å². The van der Waals surface area contributed by atoms with Gasteiger partial charge in [0, 0.05) is 18.7 Å². The predicted octanol–water partition coefficient (Wildman–Crippen LogP) is 3.25. The highest BCUT2D eigenvalue weighted by Crippen LogP contribution is 2.24. The largest absolute Gasteiger partial charge is 0.494 e. The number of benzene rings is 2. The van der Waals surface area contributed by atoms with Crippen molar-refractivity contribution in [1.82, 2.24) is 10.6 Å². The highest BCUT2D eigenvalue weighted by Gasteiger charge is 2.31. The van der Waals surface area contributed by atoms with Crippen LogP contribution < -0.4 is 20.3 Å². The molecular weight excluding hydrogens is 342 g/mol. The number of nitrogens with zero attached hydrogens (tertiary/aromatic N) is 1. The molecule has 0 aromatic heterocycles. The Morgan fingerprint density at radius 2 is 1.89 bits per heavy atom. The maximum atomic E-state index is 12.3. The van der Waals surface area contributed by atoms with E-state index in [9.17, 15) is 9.59 Å². The van der Waals surface area contributed by atoms with Gasteiger partial charge in [0.05, 0.1) is 18.7 Å². The van der Waals surface area contributed by atoms with Crippen LogP contribution in [0.25, 0.3) is 0 Å². The van der Waals surface area contributed by atoms with Crippen LogP contribution in [0.5, 0.6) is 5.75 Å². The minimum absolute atomic E-state index is 0.000526. The Hall–Kier alpha value is -3.02. The van der Waals surface area contributed by atoms with Gasteiger partial charge in [-0.3, -0.25) is 4.79 Å². The Labute approximate surface area is 159 Å². The average molecular weight is 367 g/mol. The number of ether oxygens (including phenoxy) is 1. The number of anilines is 1. The van der Waals surface area contributed by atoms with Crippen molar-refractivity contribution in [3.8, 4) is 5.75 Å². The van der Waals surface area contributed by atoms with E-state index in [4.69, 9.17) is 4.74 Å². The molecule has 142 valence electrons. The first-order chi connectivity index (χ1) is 13.1. The van der Waals surface area contributed by atoms with Gasteiger partial charge < -0.3 is 20.3 Å². The van der Waals surface area contributed by atoms with E-state index in [2.05, 4.69) is 10.6 Å². The molecule has 1 saturated heterocycles. The molecule has 1 heterocycles. The van der Waals surface area contributed by atoms with E-state index >= 15 is 0 Å². The number of carbonyl (C=O) groups is 2. The van der Waals surface area contributed by atoms with Crippen molar-refractivity contribution in [1.29, 1.82) is 0 Å². The van der Waals surface area contributed by atoms with E-state index in [0.29, 0.717) is 19.6 Å². The third-order valence-electron chi connectivity index (χ3n) is 4.57. The van der Waals surface area contributed by atoms with Gasteiger partial charge in [-0.2, -0.15) is 0 Å². The summed E-state index contributed by atoms with van der Waals surface area (Å²) in [6.45, 7) is 4.92. The second-order valence-electron chi connectivity index (χ2n) is 6.58. The Balaban J connectivity index is 1.54. The van der Waals surface area contributed by atoms with Crippen LogP contribution >= 0.6 is 0 Å². The smallest absolute Gasteiger partial charge is 0.315 e. The number of hydrogen-bond donors (Lipinski definition) is 2. The number of urea groups is 1. The van der Waals surface area contributed by atoms with E-state index in [1.807, 2.05) is 68.4 Å². The zero-order valence-corrected chi connectivity index (χ0v) is 15.6. The molecule has 2 aromatic carbocycles. The van der Waals surface area contributed by atoms with Gasteiger partial charge in [0.25, 0.3) is 0 Å². The van der Waals surface area contributed by atoms with E-state index < -0.39 is 0 Å². The minimum Gasteiger partial charge on any atom is -0.494 e. The molecule has 0 bridgehead atoms. The van der Waals surface area contributed by atoms with Crippen molar-refractivity contribution in [2.75, 3.05) is 18.1 Å². The van der Waals surface area contributed by atoms with Gasteiger partial charge >= 0.3 is 6.03 Å². The van der Waals surface area contributed by atoms with Crippen LogP contribution in [0.3, 0.4) is 0 Å². The maximum absolute atomic E-state index is 12.3. The lowest BCUT2D eigenvalue weighted by atomic mass is 10.1. The Bertz CT molecular complexity index is 777. The molecule has 2 N–H and O–H groups in total. The fraction of sp³-hybridized carbons (Fsp3) is 0.333. The molecule has 6 heteroatoms. The summed E-state index contributed by atoms with van der Waals surface area (Å²) in [5.74, 6) is 0.775. The summed E-state index contributed by atoms with van der Waals surface area (Å²) in [7, 11) is 0. The lowest BCUT2D eigenvalue weighted by Crippen LogP contribution is -2.44. The van der Waals surface area contributed by atoms with Crippen LogP contribution in [-0.2, 0) is 4.79 Å². The summed E-state index contributed by atoms with van der Waals surface area (Å²) in [4.78, 5) is 26.3. The fourth-order valence-electron chi connectivity index (χ4n) is 3.19. The number of hydrogen-bond acceptors (Lipinski definition) is 3. The lowest BCUT2D eigenvalue weighted by Gasteiger charge is -2.19. The molecule has 1 fully saturated rings. The van der Waals surface area contributed by atoms with Gasteiger partial charge in [-0.15, -0.1) is 0 Å². The first-order valence-corrected chi connectivity index (χ1v) is 9.22. The monoisotopic (exact) mass is 367 g/mol. The Morgan fingerprint density at radius 3 is 2.56 bits per heavy atom. The number of rotatable bonds is 6. The molecular formula is C21H25N3O3. The van der Waals surface area contributed by atoms with Crippen LogP contribution in [0.1, 0.15) is 31.9 Å². The van der Waals surface area contributed by atoms with Gasteiger partial charge in [-0.1, -0.05) is 30.3 Å². The molecule has 3 amide bonds. The van der Waals surface area contributed by atoms with E-state index in [-0.39, 0.29) is 24.0 Å². The predicted molar refractivity (Wildman–Crippen MR) is 105 cm³/mol. The zero-order valence-electron chi connectivity index (χ0n) is 15.6. The van der Waals surface area contributed by atoms with Crippen LogP contribution in [0.4, 0.5) is 10.5 Å². The SMILES string of the molecule is CCOc1ccc(N2C[C@@H](NC(=O)N[C@@H](C)c3ccccc3)CC2=O)cc1. The molecule has 0 spiro atoms. The lowest BCUT2D eigenvalue weighted by molar-refractivity contribution is -0.117. The Kier molecular flexibility index (Phi) is 5.96. The standard InChI is InChI=1S/C21H25N3O3/c1-3-27-19-11-9-18(10-12-19)24-14-17(13-20(24)25)23-21(26)22-15(2)16-7-5-4-6-8-16/h4-12,15,17H,3,13-14H2,1-2H3,(H2,22,23,26)/t15-,17-/m0/s1. The van der Waals surface area contributed by atoms with Gasteiger partial charge in [-0.05, 0) is 43.7 Å². The van der Waals surface area contributed by atoms with Crippen LogP contribution in [0, 0.1) is 0 Å². The molecule has 6 nitrogen and oxygen atoms in total. The van der Waals surface area contributed by atoms with Crippen molar-refractivity contribution in [2.24, 2.45) is 0 Å². The highest BCUT2D eigenvalue weighted by molar-refractivity contribution is 5.96. The zero-order chi connectivity index (χ0) is 19.2. The maximum Gasteiger partial charge on any atom is 0.315 e. The van der Waals surface area contributed by atoms with Gasteiger partial charge in [0.15, 0.2) is 0 Å². The van der Waals surface area contributed by atoms with Crippen molar-refractivity contribution in [3.63, 3.8) is 0 Å². The topological polar surface area (TPSA) is 70.7 Å². The molecule has 2 aromatic rings. The summed E-state index contributed by atoms with van der Waals surface area (Å²) < 4.78 is 5.43. The van der Waals surface area contributed by atoms with Gasteiger partial charge in [-0.25, -0.2) is 4.79 Å². The highest BCUT2D eigenvalue weighted by atomic mass is 16.5. The summed E-state index contributed by atoms with van der Waals surface area (Å²) in [6, 6.07) is 16.6. The van der Waals surface area contributed by atoms with E-state index in [0.717, 1.165) is 17.0 Å². The van der Waals surface area contributed by atoms with Crippen LogP contribution in [0.2, 0.25) is 0 Å². The summed E-state index contributed by atoms with van der Waals surface area (Å²) >= 11 is 0. The van der Waals surface area contributed by atoms with Crippen molar-refractivity contribution in [2.45, 2.75) is 32.4 Å². The normalized spacial score (nSPS) is 17.5. The second-order valence-corrected chi connectivity index (χ2v) is 6.58. The molecule has 3 rings (SSSR count). The van der Waals surface area contributed by atoms with Gasteiger partial charge in [0.2, 0.25) is 5.91 Å². The Morgan fingerprint density at radius 1 is 1.19 bits per heavy atom. The summed E-state index contributed by atoms with van der Waals surface area (Å²) in [5.41, 5.74) is 1.84. The molecule has 27 heavy (non-hydrogen) atoms. The van der Waals surface area contributed by atoms with Gasteiger partial charge in [0.1, 0.15) is 5.75 Å². The van der Waals surface area contributed by atoms with Crippen molar-refractivity contribution in [3.05, 3.63) is 60.2 Å². The molecule has 0 aliphatic carbocycles. The molecule has 0 radical (unpaired) electrons. The quantitative estimate of drug-likeness (QED) is 0.823. The number of amides is 3. The van der Waals surface area contributed by atoms with Crippen LogP contribution in [-0.4, -0.2) is 31.1 Å². The minimum atomic E-state index is -0.266. The number of nitrogens with one attached hydrogen (secondary N) is 2. The molecule has 2 atom stereocenters. The average Bonchev–Trinajstić information content (AvgIpc) is 3.03. The second kappa shape index (κ2) is 8.58. The first-order valence-electron chi connectivity index (χ1n) is 9.22. The molecule has 1 aliphatic rings. The van der Waals surface area contributed by atoms with E-state index in [1.165, 1.54) is 0 Å².